The number of ether oxygens (including phenoxy) is 2. The molecule has 0 bridgehead atoms. The van der Waals surface area contributed by atoms with Gasteiger partial charge >= 0.3 is 23.6 Å². The topological polar surface area (TPSA) is 174 Å². The smallest absolute Gasteiger partial charge is 0.376 e. The van der Waals surface area contributed by atoms with Crippen LogP contribution in [0.1, 0.15) is 6.92 Å². The first-order valence-electron chi connectivity index (χ1n) is 6.58. The molecule has 11 heteroatoms. The highest BCUT2D eigenvalue weighted by Gasteiger charge is 2.65. The average molecular weight is 341 g/mol. The molecule has 0 unspecified atom stereocenters. The Morgan fingerprint density at radius 3 is 2.25 bits per heavy atom. The monoisotopic (exact) mass is 341 g/mol. The Bertz CT molecular complexity index is 632. The number of rotatable bonds is 3. The van der Waals surface area contributed by atoms with Crippen molar-refractivity contribution in [2.24, 2.45) is 5.73 Å². The molecule has 2 rings (SSSR count). The number of carbonyl (C=O) groups excluding carboxylic acids is 5. The molecule has 4 amide bonds. The third-order valence-electron chi connectivity index (χ3n) is 2.77. The van der Waals surface area contributed by atoms with Crippen molar-refractivity contribution in [3.05, 3.63) is 24.0 Å². The minimum atomic E-state index is -2.76. The molecule has 24 heavy (non-hydrogen) atoms. The number of imide groups is 2. The highest BCUT2D eigenvalue weighted by molar-refractivity contribution is 6.30. The molecule has 5 N–H and O–H groups in total. The Kier molecular flexibility index (Phi) is 5.79. The lowest BCUT2D eigenvalue weighted by Gasteiger charge is -2.29. The van der Waals surface area contributed by atoms with Crippen LogP contribution in [0.25, 0.3) is 0 Å². The van der Waals surface area contributed by atoms with Crippen LogP contribution in [0, 0.1) is 0 Å². The molecule has 1 fully saturated rings. The van der Waals surface area contributed by atoms with Gasteiger partial charge in [0, 0.05) is 6.54 Å². The van der Waals surface area contributed by atoms with E-state index in [9.17, 15) is 29.1 Å². The second-order valence-electron chi connectivity index (χ2n) is 4.28. The molecule has 0 radical (unpaired) electrons. The van der Waals surface area contributed by atoms with E-state index in [2.05, 4.69) is 16.1 Å². The van der Waals surface area contributed by atoms with Crippen LogP contribution < -0.4 is 16.4 Å². The number of hydrogen-bond acceptors (Lipinski definition) is 9. The highest BCUT2D eigenvalue weighted by atomic mass is 16.6. The van der Waals surface area contributed by atoms with E-state index in [1.807, 2.05) is 0 Å². The summed E-state index contributed by atoms with van der Waals surface area (Å²) >= 11 is 0. The van der Waals surface area contributed by atoms with E-state index < -0.39 is 46.7 Å². The van der Waals surface area contributed by atoms with Gasteiger partial charge in [-0.05, 0) is 6.92 Å². The molecule has 0 aromatic carbocycles. The van der Waals surface area contributed by atoms with Crippen LogP contribution in [-0.4, -0.2) is 53.6 Å². The van der Waals surface area contributed by atoms with E-state index in [1.54, 1.807) is 16.7 Å². The van der Waals surface area contributed by atoms with Gasteiger partial charge in [-0.3, -0.25) is 20.2 Å². The molecular weight excluding hydrogens is 326 g/mol. The minimum absolute atomic E-state index is 0.137. The average Bonchev–Trinajstić information content (AvgIpc) is 2.79. The van der Waals surface area contributed by atoms with Gasteiger partial charge in [0.25, 0.3) is 11.8 Å². The molecule has 0 atom stereocenters. The van der Waals surface area contributed by atoms with Gasteiger partial charge in [-0.25, -0.2) is 14.4 Å². The van der Waals surface area contributed by atoms with Crippen molar-refractivity contribution in [3.8, 4) is 0 Å². The second kappa shape index (κ2) is 7.37. The number of carbonyl (C=O) groups is 5. The Morgan fingerprint density at radius 2 is 1.83 bits per heavy atom. The summed E-state index contributed by atoms with van der Waals surface area (Å²) in [4.78, 5) is 57.7. The van der Waals surface area contributed by atoms with E-state index in [0.717, 1.165) is 0 Å². The molecule has 1 saturated heterocycles. The van der Waals surface area contributed by atoms with E-state index in [0.29, 0.717) is 6.54 Å². The van der Waals surface area contributed by atoms with Gasteiger partial charge in [0.1, 0.15) is 5.57 Å². The first-order valence-corrected chi connectivity index (χ1v) is 6.58. The summed E-state index contributed by atoms with van der Waals surface area (Å²) in [5.41, 5.74) is 1.18. The van der Waals surface area contributed by atoms with Crippen molar-refractivity contribution < 1.29 is 38.6 Å². The SMILES string of the molecule is C=CCN.CCOC(=O)C1=C(O)C(=O)OC12C(=O)NC(=O)NC2=O. The van der Waals surface area contributed by atoms with Crippen molar-refractivity contribution in [1.82, 2.24) is 10.6 Å². The van der Waals surface area contributed by atoms with Gasteiger partial charge in [0.2, 0.25) is 5.76 Å². The third kappa shape index (κ3) is 3.10. The molecule has 130 valence electrons. The summed E-state index contributed by atoms with van der Waals surface area (Å²) in [7, 11) is 0. The minimum Gasteiger partial charge on any atom is -0.501 e. The number of aliphatic hydroxyl groups is 1. The normalized spacial score (nSPS) is 18.2. The molecule has 0 saturated carbocycles. The molecule has 0 aromatic heterocycles. The molecule has 2 aliphatic rings. The van der Waals surface area contributed by atoms with Crippen LogP contribution in [0.5, 0.6) is 0 Å². The van der Waals surface area contributed by atoms with Crippen LogP contribution in [0.2, 0.25) is 0 Å². The van der Waals surface area contributed by atoms with Crippen molar-refractivity contribution in [3.63, 3.8) is 0 Å². The predicted molar refractivity (Wildman–Crippen MR) is 76.0 cm³/mol. The van der Waals surface area contributed by atoms with E-state index in [1.165, 1.54) is 6.92 Å². The number of hydrogen-bond donors (Lipinski definition) is 4. The van der Waals surface area contributed by atoms with Crippen molar-refractivity contribution in [2.75, 3.05) is 13.2 Å². The van der Waals surface area contributed by atoms with Crippen LogP contribution in [0.3, 0.4) is 0 Å². The number of amides is 4. The number of esters is 2. The number of barbiturate groups is 1. The Hall–Kier alpha value is -3.21. The zero-order valence-electron chi connectivity index (χ0n) is 12.6. The first kappa shape index (κ1) is 18.8. The standard InChI is InChI=1S/C10H8N2O8.C3H7N/c1-2-19-5(14)3-4(13)6(15)20-10(3)7(16)11-9(18)12-8(10)17;1-2-3-4/h13H,2H2,1H3,(H2,11,12,16,17,18);2H,1,3-4H2. The molecule has 2 aliphatic heterocycles. The molecule has 2 heterocycles. The number of aliphatic hydroxyl groups excluding tert-OH is 1. The predicted octanol–water partition coefficient (Wildman–Crippen LogP) is -1.85. The fourth-order valence-electron chi connectivity index (χ4n) is 1.79. The number of nitrogens with two attached hydrogens (primary N) is 1. The van der Waals surface area contributed by atoms with Crippen LogP contribution in [0.4, 0.5) is 4.79 Å². The van der Waals surface area contributed by atoms with Crippen molar-refractivity contribution in [2.45, 2.75) is 12.5 Å². The lowest BCUT2D eigenvalue weighted by Crippen LogP contribution is -2.68. The van der Waals surface area contributed by atoms with Crippen LogP contribution in [-0.2, 0) is 28.7 Å². The summed E-state index contributed by atoms with van der Waals surface area (Å²) in [5.74, 6) is -6.69. The fraction of sp³-hybridized carbons (Fsp3) is 0.308. The summed E-state index contributed by atoms with van der Waals surface area (Å²) in [6.45, 7) is 5.24. The zero-order valence-corrected chi connectivity index (χ0v) is 12.6. The van der Waals surface area contributed by atoms with E-state index >= 15 is 0 Å². The second-order valence-corrected chi connectivity index (χ2v) is 4.28. The third-order valence-corrected chi connectivity index (χ3v) is 2.77. The quantitative estimate of drug-likeness (QED) is 0.261. The maximum Gasteiger partial charge on any atom is 0.376 e. The molecule has 0 aliphatic carbocycles. The van der Waals surface area contributed by atoms with Crippen LogP contribution in [0.15, 0.2) is 24.0 Å². The zero-order chi connectivity index (χ0) is 18.5. The molecule has 0 aromatic rings. The molecule has 1 spiro atoms. The number of urea groups is 1. The Morgan fingerprint density at radius 1 is 1.33 bits per heavy atom. The highest BCUT2D eigenvalue weighted by Crippen LogP contribution is 2.34. The molecule has 11 nitrogen and oxygen atoms in total. The maximum atomic E-state index is 11.8. The van der Waals surface area contributed by atoms with Crippen LogP contribution >= 0.6 is 0 Å². The summed E-state index contributed by atoms with van der Waals surface area (Å²) in [6.07, 6.45) is 1.65. The first-order chi connectivity index (χ1) is 11.3. The van der Waals surface area contributed by atoms with Gasteiger partial charge in [0.05, 0.1) is 6.61 Å². The van der Waals surface area contributed by atoms with Gasteiger partial charge in [-0.1, -0.05) is 6.08 Å². The van der Waals surface area contributed by atoms with Crippen molar-refractivity contribution in [1.29, 1.82) is 0 Å². The van der Waals surface area contributed by atoms with Gasteiger partial charge in [0.15, 0.2) is 0 Å². The number of nitrogens with one attached hydrogen (secondary N) is 2. The van der Waals surface area contributed by atoms with Gasteiger partial charge in [-0.15, -0.1) is 6.58 Å². The lowest BCUT2D eigenvalue weighted by molar-refractivity contribution is -0.167. The van der Waals surface area contributed by atoms with E-state index in [4.69, 9.17) is 5.73 Å². The van der Waals surface area contributed by atoms with Crippen molar-refractivity contribution >= 4 is 29.8 Å². The summed E-state index contributed by atoms with van der Waals surface area (Å²) < 4.78 is 9.08. The van der Waals surface area contributed by atoms with E-state index in [-0.39, 0.29) is 6.61 Å². The summed E-state index contributed by atoms with van der Waals surface area (Å²) in [5, 5.41) is 12.9. The van der Waals surface area contributed by atoms with Gasteiger partial charge < -0.3 is 20.3 Å². The summed E-state index contributed by atoms with van der Waals surface area (Å²) in [6, 6.07) is -1.14. The molecular formula is C13H15N3O8. The maximum absolute atomic E-state index is 11.8. The fourth-order valence-corrected chi connectivity index (χ4v) is 1.79. The largest absolute Gasteiger partial charge is 0.501 e. The lowest BCUT2D eigenvalue weighted by atomic mass is 9.90. The van der Waals surface area contributed by atoms with Gasteiger partial charge in [-0.2, -0.15) is 0 Å². The Labute approximate surface area is 135 Å². The Balaban J connectivity index is 0.000000648.